The fourth-order valence-corrected chi connectivity index (χ4v) is 3.05. The first-order chi connectivity index (χ1) is 11.6. The molecule has 2 aliphatic rings. The number of carbonyl (C=O) groups is 3. The van der Waals surface area contributed by atoms with E-state index < -0.39 is 17.7 Å². The predicted molar refractivity (Wildman–Crippen MR) is 84.6 cm³/mol. The molecule has 2 aromatic rings. The third-order valence-electron chi connectivity index (χ3n) is 4.22. The molecule has 0 radical (unpaired) electrons. The van der Waals surface area contributed by atoms with Gasteiger partial charge in [0.25, 0.3) is 11.8 Å². The standard InChI is InChI=1S/C18H14N2O4/c21-16(19-14-10-24-15-8-4-3-7-13(14)15)9-20-17(22)11-5-1-2-6-12(11)18(20)23/h1-8,14H,9-10H2,(H,19,21). The number of hydrogen-bond donors (Lipinski definition) is 1. The van der Waals surface area contributed by atoms with Crippen LogP contribution < -0.4 is 10.1 Å². The molecule has 4 rings (SSSR count). The van der Waals surface area contributed by atoms with Gasteiger partial charge in [-0.3, -0.25) is 19.3 Å². The van der Waals surface area contributed by atoms with Crippen LogP contribution in [0.25, 0.3) is 0 Å². The first-order valence-electron chi connectivity index (χ1n) is 7.61. The topological polar surface area (TPSA) is 75.7 Å². The van der Waals surface area contributed by atoms with Crippen molar-refractivity contribution in [2.75, 3.05) is 13.2 Å². The molecule has 1 atom stereocenters. The summed E-state index contributed by atoms with van der Waals surface area (Å²) in [7, 11) is 0. The Morgan fingerprint density at radius 3 is 2.38 bits per heavy atom. The zero-order valence-corrected chi connectivity index (χ0v) is 12.7. The lowest BCUT2D eigenvalue weighted by Gasteiger charge is -2.16. The molecule has 2 aliphatic heterocycles. The summed E-state index contributed by atoms with van der Waals surface area (Å²) in [5.41, 5.74) is 1.57. The molecular formula is C18H14N2O4. The molecule has 0 spiro atoms. The Morgan fingerprint density at radius 2 is 1.67 bits per heavy atom. The van der Waals surface area contributed by atoms with Crippen molar-refractivity contribution in [3.05, 3.63) is 65.2 Å². The van der Waals surface area contributed by atoms with Crippen LogP contribution in [-0.2, 0) is 4.79 Å². The van der Waals surface area contributed by atoms with Crippen LogP contribution >= 0.6 is 0 Å². The second kappa shape index (κ2) is 5.49. The molecule has 3 amide bonds. The predicted octanol–water partition coefficient (Wildman–Crippen LogP) is 1.53. The summed E-state index contributed by atoms with van der Waals surface area (Å²) < 4.78 is 5.51. The Morgan fingerprint density at radius 1 is 1.04 bits per heavy atom. The minimum atomic E-state index is -0.436. The smallest absolute Gasteiger partial charge is 0.262 e. The van der Waals surface area contributed by atoms with E-state index in [0.717, 1.165) is 16.2 Å². The van der Waals surface area contributed by atoms with E-state index in [1.807, 2.05) is 24.3 Å². The third kappa shape index (κ3) is 2.23. The Balaban J connectivity index is 1.47. The van der Waals surface area contributed by atoms with E-state index in [1.165, 1.54) is 0 Å². The number of nitrogens with zero attached hydrogens (tertiary/aromatic N) is 1. The van der Waals surface area contributed by atoms with Crippen molar-refractivity contribution in [1.29, 1.82) is 0 Å². The number of fused-ring (bicyclic) bond motifs is 2. The van der Waals surface area contributed by atoms with E-state index in [-0.39, 0.29) is 12.6 Å². The van der Waals surface area contributed by atoms with Gasteiger partial charge in [0.2, 0.25) is 5.91 Å². The second-order valence-corrected chi connectivity index (χ2v) is 5.71. The van der Waals surface area contributed by atoms with Gasteiger partial charge in [0.05, 0.1) is 17.2 Å². The maximum Gasteiger partial charge on any atom is 0.262 e. The Kier molecular flexibility index (Phi) is 3.30. The van der Waals surface area contributed by atoms with Gasteiger partial charge in [-0.1, -0.05) is 30.3 Å². The van der Waals surface area contributed by atoms with E-state index >= 15 is 0 Å². The van der Waals surface area contributed by atoms with Crippen LogP contribution in [0.15, 0.2) is 48.5 Å². The summed E-state index contributed by atoms with van der Waals surface area (Å²) in [5, 5.41) is 2.82. The average Bonchev–Trinajstić information content (AvgIpc) is 3.11. The van der Waals surface area contributed by atoms with Crippen LogP contribution in [0.4, 0.5) is 0 Å². The molecule has 6 nitrogen and oxygen atoms in total. The lowest BCUT2D eigenvalue weighted by atomic mass is 10.1. The fourth-order valence-electron chi connectivity index (χ4n) is 3.05. The van der Waals surface area contributed by atoms with Crippen molar-refractivity contribution < 1.29 is 19.1 Å². The van der Waals surface area contributed by atoms with Crippen LogP contribution in [0, 0.1) is 0 Å². The molecule has 0 aromatic heterocycles. The summed E-state index contributed by atoms with van der Waals surface area (Å²) >= 11 is 0. The summed E-state index contributed by atoms with van der Waals surface area (Å²) in [6.07, 6.45) is 0. The van der Waals surface area contributed by atoms with Crippen LogP contribution in [0.5, 0.6) is 5.75 Å². The molecule has 0 saturated carbocycles. The second-order valence-electron chi connectivity index (χ2n) is 5.71. The van der Waals surface area contributed by atoms with Crippen LogP contribution in [0.1, 0.15) is 32.3 Å². The monoisotopic (exact) mass is 322 g/mol. The van der Waals surface area contributed by atoms with Crippen LogP contribution in [0.2, 0.25) is 0 Å². The normalized spacial score (nSPS) is 18.2. The van der Waals surface area contributed by atoms with Gasteiger partial charge in [0, 0.05) is 5.56 Å². The highest BCUT2D eigenvalue weighted by atomic mass is 16.5. The van der Waals surface area contributed by atoms with Crippen molar-refractivity contribution in [2.45, 2.75) is 6.04 Å². The van der Waals surface area contributed by atoms with Gasteiger partial charge >= 0.3 is 0 Å². The average molecular weight is 322 g/mol. The number of hydrogen-bond acceptors (Lipinski definition) is 4. The highest BCUT2D eigenvalue weighted by molar-refractivity contribution is 6.22. The maximum atomic E-state index is 12.3. The van der Waals surface area contributed by atoms with Crippen molar-refractivity contribution in [2.24, 2.45) is 0 Å². The molecule has 0 saturated heterocycles. The Labute approximate surface area is 138 Å². The number of para-hydroxylation sites is 1. The SMILES string of the molecule is O=C(CN1C(=O)c2ccccc2C1=O)NC1COc2ccccc21. The molecule has 2 aromatic carbocycles. The van der Waals surface area contributed by atoms with Crippen LogP contribution in [0.3, 0.4) is 0 Å². The number of imide groups is 1. The number of ether oxygens (including phenoxy) is 1. The third-order valence-corrected chi connectivity index (χ3v) is 4.22. The van der Waals surface area contributed by atoms with Gasteiger partial charge in [-0.25, -0.2) is 0 Å². The number of rotatable bonds is 3. The maximum absolute atomic E-state index is 12.3. The number of nitrogens with one attached hydrogen (secondary N) is 1. The summed E-state index contributed by atoms with van der Waals surface area (Å²) in [4.78, 5) is 37.8. The van der Waals surface area contributed by atoms with Crippen molar-refractivity contribution >= 4 is 17.7 Å². The molecule has 0 bridgehead atoms. The largest absolute Gasteiger partial charge is 0.491 e. The van der Waals surface area contributed by atoms with E-state index in [2.05, 4.69) is 5.32 Å². The van der Waals surface area contributed by atoms with Gasteiger partial charge < -0.3 is 10.1 Å². The molecule has 6 heteroatoms. The highest BCUT2D eigenvalue weighted by Gasteiger charge is 2.36. The number of benzene rings is 2. The minimum absolute atomic E-state index is 0.274. The quantitative estimate of drug-likeness (QED) is 0.870. The zero-order valence-electron chi connectivity index (χ0n) is 12.7. The van der Waals surface area contributed by atoms with Crippen molar-refractivity contribution in [3.63, 3.8) is 0 Å². The summed E-state index contributed by atoms with van der Waals surface area (Å²) in [5.74, 6) is -0.527. The van der Waals surface area contributed by atoms with Gasteiger partial charge in [0.15, 0.2) is 0 Å². The van der Waals surface area contributed by atoms with Gasteiger partial charge in [0.1, 0.15) is 18.9 Å². The highest BCUT2D eigenvalue weighted by Crippen LogP contribution is 2.31. The molecule has 0 fully saturated rings. The summed E-state index contributed by atoms with van der Waals surface area (Å²) in [6.45, 7) is 0.0399. The van der Waals surface area contributed by atoms with Crippen LogP contribution in [-0.4, -0.2) is 35.8 Å². The lowest BCUT2D eigenvalue weighted by molar-refractivity contribution is -0.122. The van der Waals surface area contributed by atoms with Crippen molar-refractivity contribution in [1.82, 2.24) is 10.2 Å². The molecule has 1 unspecified atom stereocenters. The van der Waals surface area contributed by atoms with E-state index in [1.54, 1.807) is 24.3 Å². The van der Waals surface area contributed by atoms with E-state index in [0.29, 0.717) is 17.7 Å². The van der Waals surface area contributed by atoms with E-state index in [4.69, 9.17) is 4.74 Å². The fraction of sp³-hybridized carbons (Fsp3) is 0.167. The molecule has 2 heterocycles. The van der Waals surface area contributed by atoms with E-state index in [9.17, 15) is 14.4 Å². The lowest BCUT2D eigenvalue weighted by Crippen LogP contribution is -2.41. The number of carbonyl (C=O) groups excluding carboxylic acids is 3. The first-order valence-corrected chi connectivity index (χ1v) is 7.61. The minimum Gasteiger partial charge on any atom is -0.491 e. The number of amides is 3. The molecule has 1 N–H and O–H groups in total. The molecule has 0 aliphatic carbocycles. The van der Waals surface area contributed by atoms with Gasteiger partial charge in [-0.15, -0.1) is 0 Å². The molecule has 120 valence electrons. The summed E-state index contributed by atoms with van der Waals surface area (Å²) in [6, 6.07) is 13.8. The van der Waals surface area contributed by atoms with Gasteiger partial charge in [-0.05, 0) is 18.2 Å². The Hall–Kier alpha value is -3.15. The first kappa shape index (κ1) is 14.4. The Bertz CT molecular complexity index is 827. The molecule has 24 heavy (non-hydrogen) atoms. The molecular weight excluding hydrogens is 308 g/mol. The zero-order chi connectivity index (χ0) is 16.7. The van der Waals surface area contributed by atoms with Gasteiger partial charge in [-0.2, -0.15) is 0 Å². The van der Waals surface area contributed by atoms with Crippen molar-refractivity contribution in [3.8, 4) is 5.75 Å².